The molecule has 1 aromatic carbocycles. The molecule has 1 amide bonds. The minimum absolute atomic E-state index is 0.00429. The van der Waals surface area contributed by atoms with E-state index in [9.17, 15) is 4.79 Å². The van der Waals surface area contributed by atoms with E-state index in [0.29, 0.717) is 11.6 Å². The fraction of sp³-hybridized carbons (Fsp3) is 0.375. The van der Waals surface area contributed by atoms with Crippen molar-refractivity contribution >= 4 is 16.8 Å². The predicted octanol–water partition coefficient (Wildman–Crippen LogP) is 2.83. The van der Waals surface area contributed by atoms with Crippen molar-refractivity contribution in [3.8, 4) is 5.75 Å². The van der Waals surface area contributed by atoms with E-state index in [1.54, 1.807) is 7.11 Å². The molecule has 0 unspecified atom stereocenters. The van der Waals surface area contributed by atoms with Crippen LogP contribution in [0.25, 0.3) is 10.9 Å². The lowest BCUT2D eigenvalue weighted by atomic mass is 9.92. The second-order valence-electron chi connectivity index (χ2n) is 5.30. The van der Waals surface area contributed by atoms with Gasteiger partial charge in [0.15, 0.2) is 0 Å². The molecular weight excluding hydrogens is 252 g/mol. The van der Waals surface area contributed by atoms with Gasteiger partial charge in [-0.1, -0.05) is 0 Å². The number of hydrogen-bond acceptors (Lipinski definition) is 3. The molecule has 0 bridgehead atoms. The third kappa shape index (κ3) is 2.33. The van der Waals surface area contributed by atoms with Crippen LogP contribution in [0.4, 0.5) is 0 Å². The molecule has 20 heavy (non-hydrogen) atoms. The SMILES string of the molecule is COc1ccc2c(C(=O)NC3CCC3)cc(C)nc2c1. The molecule has 1 heterocycles. The molecule has 104 valence electrons. The van der Waals surface area contributed by atoms with E-state index in [1.165, 1.54) is 6.42 Å². The fourth-order valence-corrected chi connectivity index (χ4v) is 2.47. The summed E-state index contributed by atoms with van der Waals surface area (Å²) in [6.45, 7) is 1.90. The molecule has 1 N–H and O–H groups in total. The first-order valence-corrected chi connectivity index (χ1v) is 6.93. The van der Waals surface area contributed by atoms with Crippen LogP contribution in [0, 0.1) is 6.92 Å². The predicted molar refractivity (Wildman–Crippen MR) is 78.1 cm³/mol. The molecule has 1 fully saturated rings. The third-order valence-corrected chi connectivity index (χ3v) is 3.83. The second-order valence-corrected chi connectivity index (χ2v) is 5.30. The average Bonchev–Trinajstić information content (AvgIpc) is 2.40. The van der Waals surface area contributed by atoms with E-state index < -0.39 is 0 Å². The second kappa shape index (κ2) is 5.12. The van der Waals surface area contributed by atoms with E-state index in [-0.39, 0.29) is 5.91 Å². The summed E-state index contributed by atoms with van der Waals surface area (Å²) in [4.78, 5) is 16.9. The topological polar surface area (TPSA) is 51.2 Å². The van der Waals surface area contributed by atoms with Crippen molar-refractivity contribution in [3.05, 3.63) is 35.5 Å². The Morgan fingerprint density at radius 3 is 2.80 bits per heavy atom. The number of fused-ring (bicyclic) bond motifs is 1. The Labute approximate surface area is 118 Å². The summed E-state index contributed by atoms with van der Waals surface area (Å²) in [7, 11) is 1.63. The number of nitrogens with zero attached hydrogens (tertiary/aromatic N) is 1. The number of nitrogens with one attached hydrogen (secondary N) is 1. The van der Waals surface area contributed by atoms with Gasteiger partial charge in [-0.15, -0.1) is 0 Å². The summed E-state index contributed by atoms with van der Waals surface area (Å²) < 4.78 is 5.21. The van der Waals surface area contributed by atoms with Crippen molar-refractivity contribution in [2.45, 2.75) is 32.2 Å². The summed E-state index contributed by atoms with van der Waals surface area (Å²) in [5.41, 5.74) is 2.33. The van der Waals surface area contributed by atoms with Crippen LogP contribution < -0.4 is 10.1 Å². The van der Waals surface area contributed by atoms with Crippen molar-refractivity contribution in [2.75, 3.05) is 7.11 Å². The lowest BCUT2D eigenvalue weighted by molar-refractivity contribution is 0.0918. The zero-order valence-corrected chi connectivity index (χ0v) is 11.8. The van der Waals surface area contributed by atoms with Crippen LogP contribution in [0.1, 0.15) is 35.3 Å². The molecule has 1 aliphatic rings. The van der Waals surface area contributed by atoms with Gasteiger partial charge < -0.3 is 10.1 Å². The van der Waals surface area contributed by atoms with Gasteiger partial charge in [-0.05, 0) is 44.4 Å². The fourth-order valence-electron chi connectivity index (χ4n) is 2.47. The summed E-state index contributed by atoms with van der Waals surface area (Å²) >= 11 is 0. The molecule has 1 saturated carbocycles. The number of aromatic nitrogens is 1. The number of pyridine rings is 1. The summed E-state index contributed by atoms with van der Waals surface area (Å²) in [6, 6.07) is 7.81. The maximum Gasteiger partial charge on any atom is 0.252 e. The van der Waals surface area contributed by atoms with E-state index >= 15 is 0 Å². The zero-order chi connectivity index (χ0) is 14.1. The molecular formula is C16H18N2O2. The summed E-state index contributed by atoms with van der Waals surface area (Å²) in [6.07, 6.45) is 3.38. The maximum absolute atomic E-state index is 12.4. The number of hydrogen-bond donors (Lipinski definition) is 1. The van der Waals surface area contributed by atoms with Crippen LogP contribution >= 0.6 is 0 Å². The lowest BCUT2D eigenvalue weighted by Crippen LogP contribution is -2.39. The molecule has 0 radical (unpaired) electrons. The molecule has 4 heteroatoms. The highest BCUT2D eigenvalue weighted by Gasteiger charge is 2.21. The van der Waals surface area contributed by atoms with Crippen LogP contribution in [0.5, 0.6) is 5.75 Å². The summed E-state index contributed by atoms with van der Waals surface area (Å²) in [5.74, 6) is 0.747. The molecule has 0 atom stereocenters. The first-order chi connectivity index (χ1) is 9.67. The van der Waals surface area contributed by atoms with Crippen LogP contribution in [0.2, 0.25) is 0 Å². The van der Waals surface area contributed by atoms with Crippen molar-refractivity contribution < 1.29 is 9.53 Å². The summed E-state index contributed by atoms with van der Waals surface area (Å²) in [5, 5.41) is 3.95. The monoisotopic (exact) mass is 270 g/mol. The van der Waals surface area contributed by atoms with E-state index in [0.717, 1.165) is 35.2 Å². The van der Waals surface area contributed by atoms with Crippen molar-refractivity contribution in [1.29, 1.82) is 0 Å². The molecule has 1 aliphatic carbocycles. The smallest absolute Gasteiger partial charge is 0.252 e. The highest BCUT2D eigenvalue weighted by Crippen LogP contribution is 2.24. The number of benzene rings is 1. The molecule has 3 rings (SSSR count). The van der Waals surface area contributed by atoms with Crippen LogP contribution in [-0.2, 0) is 0 Å². The molecule has 1 aromatic heterocycles. The maximum atomic E-state index is 12.4. The number of methoxy groups -OCH3 is 1. The minimum atomic E-state index is -0.00429. The van der Waals surface area contributed by atoms with Gasteiger partial charge in [0.2, 0.25) is 0 Å². The van der Waals surface area contributed by atoms with Gasteiger partial charge in [0.25, 0.3) is 5.91 Å². The van der Waals surface area contributed by atoms with Gasteiger partial charge in [0.05, 0.1) is 18.2 Å². The Kier molecular flexibility index (Phi) is 3.30. The lowest BCUT2D eigenvalue weighted by Gasteiger charge is -2.26. The quantitative estimate of drug-likeness (QED) is 0.933. The van der Waals surface area contributed by atoms with E-state index in [1.807, 2.05) is 31.2 Å². The molecule has 4 nitrogen and oxygen atoms in total. The number of ether oxygens (including phenoxy) is 1. The first kappa shape index (κ1) is 12.9. The van der Waals surface area contributed by atoms with Crippen molar-refractivity contribution in [2.24, 2.45) is 0 Å². The van der Waals surface area contributed by atoms with Gasteiger partial charge in [0, 0.05) is 23.2 Å². The minimum Gasteiger partial charge on any atom is -0.497 e. The highest BCUT2D eigenvalue weighted by molar-refractivity contribution is 6.06. The Morgan fingerprint density at radius 2 is 2.15 bits per heavy atom. The Hall–Kier alpha value is -2.10. The number of carbonyl (C=O) groups excluding carboxylic acids is 1. The number of rotatable bonds is 3. The van der Waals surface area contributed by atoms with Gasteiger partial charge >= 0.3 is 0 Å². The van der Waals surface area contributed by atoms with E-state index in [4.69, 9.17) is 4.74 Å². The zero-order valence-electron chi connectivity index (χ0n) is 11.8. The first-order valence-electron chi connectivity index (χ1n) is 6.93. The average molecular weight is 270 g/mol. The Morgan fingerprint density at radius 1 is 1.35 bits per heavy atom. The van der Waals surface area contributed by atoms with E-state index in [2.05, 4.69) is 10.3 Å². The van der Waals surface area contributed by atoms with Gasteiger partial charge in [-0.25, -0.2) is 0 Å². The van der Waals surface area contributed by atoms with Crippen LogP contribution in [-0.4, -0.2) is 24.0 Å². The van der Waals surface area contributed by atoms with Crippen LogP contribution in [0.3, 0.4) is 0 Å². The van der Waals surface area contributed by atoms with Crippen molar-refractivity contribution in [3.63, 3.8) is 0 Å². The van der Waals surface area contributed by atoms with Crippen molar-refractivity contribution in [1.82, 2.24) is 10.3 Å². The third-order valence-electron chi connectivity index (χ3n) is 3.83. The number of aryl methyl sites for hydroxylation is 1. The standard InChI is InChI=1S/C16H18N2O2/c1-10-8-14(16(19)18-11-4-3-5-11)13-7-6-12(20-2)9-15(13)17-10/h6-9,11H,3-5H2,1-2H3,(H,18,19). The molecule has 2 aromatic rings. The normalized spacial score (nSPS) is 14.9. The van der Waals surface area contributed by atoms with Gasteiger partial charge in [0.1, 0.15) is 5.75 Å². The Bertz CT molecular complexity index is 663. The Balaban J connectivity index is 2.02. The highest BCUT2D eigenvalue weighted by atomic mass is 16.5. The molecule has 0 aliphatic heterocycles. The van der Waals surface area contributed by atoms with Crippen LogP contribution in [0.15, 0.2) is 24.3 Å². The molecule has 0 saturated heterocycles. The number of carbonyl (C=O) groups is 1. The largest absolute Gasteiger partial charge is 0.497 e. The number of amides is 1. The molecule has 0 spiro atoms. The van der Waals surface area contributed by atoms with Gasteiger partial charge in [-0.2, -0.15) is 0 Å². The van der Waals surface area contributed by atoms with Gasteiger partial charge in [-0.3, -0.25) is 9.78 Å².